The number of aryl methyl sites for hydroxylation is 1. The normalized spacial score (nSPS) is 10.8. The number of esters is 1. The highest BCUT2D eigenvalue weighted by molar-refractivity contribution is 5.99. The van der Waals surface area contributed by atoms with Gasteiger partial charge >= 0.3 is 5.97 Å². The fourth-order valence-electron chi connectivity index (χ4n) is 3.23. The number of methoxy groups -OCH3 is 1. The molecule has 0 radical (unpaired) electrons. The van der Waals surface area contributed by atoms with Crippen molar-refractivity contribution < 1.29 is 14.3 Å². The lowest BCUT2D eigenvalue weighted by atomic mass is 9.93. The van der Waals surface area contributed by atoms with E-state index >= 15 is 0 Å². The first-order valence-electron chi connectivity index (χ1n) is 9.38. The third-order valence-corrected chi connectivity index (χ3v) is 4.56. The van der Waals surface area contributed by atoms with Gasteiger partial charge in [0, 0.05) is 0 Å². The van der Waals surface area contributed by atoms with Crippen molar-refractivity contribution in [2.45, 2.75) is 20.3 Å². The van der Waals surface area contributed by atoms with Crippen LogP contribution >= 0.6 is 0 Å². The second-order valence-corrected chi connectivity index (χ2v) is 6.36. The number of allylic oxidation sites excluding steroid dienone is 1. The van der Waals surface area contributed by atoms with Crippen LogP contribution in [0.1, 0.15) is 35.3 Å². The van der Waals surface area contributed by atoms with Gasteiger partial charge in [0.1, 0.15) is 0 Å². The average Bonchev–Trinajstić information content (AvgIpc) is 2.74. The first-order valence-corrected chi connectivity index (χ1v) is 9.38. The molecule has 3 aromatic rings. The molecule has 0 aliphatic carbocycles. The third kappa shape index (κ3) is 4.15. The Morgan fingerprint density at radius 1 is 0.964 bits per heavy atom. The molecule has 0 fully saturated rings. The fourth-order valence-corrected chi connectivity index (χ4v) is 3.23. The lowest BCUT2D eigenvalue weighted by molar-refractivity contribution is 0.0730. The molecular weight excluding hydrogens is 348 g/mol. The molecule has 0 bridgehead atoms. The van der Waals surface area contributed by atoms with Crippen LogP contribution in [0.3, 0.4) is 0 Å². The predicted octanol–water partition coefficient (Wildman–Crippen LogP) is 6.18. The van der Waals surface area contributed by atoms with E-state index in [2.05, 4.69) is 6.92 Å². The number of carbonyl (C=O) groups is 1. The first-order chi connectivity index (χ1) is 13.7. The van der Waals surface area contributed by atoms with Gasteiger partial charge < -0.3 is 9.47 Å². The molecule has 28 heavy (non-hydrogen) atoms. The zero-order chi connectivity index (χ0) is 19.9. The van der Waals surface area contributed by atoms with E-state index < -0.39 is 5.97 Å². The molecule has 0 saturated heterocycles. The predicted molar refractivity (Wildman–Crippen MR) is 114 cm³/mol. The molecule has 142 valence electrons. The summed E-state index contributed by atoms with van der Waals surface area (Å²) in [5.74, 6) is 0.532. The van der Waals surface area contributed by atoms with Crippen LogP contribution in [0, 0.1) is 0 Å². The summed E-state index contributed by atoms with van der Waals surface area (Å²) in [7, 11) is 1.57. The van der Waals surface area contributed by atoms with E-state index in [1.54, 1.807) is 13.2 Å². The summed E-state index contributed by atoms with van der Waals surface area (Å²) in [4.78, 5) is 13.1. The van der Waals surface area contributed by atoms with Crippen LogP contribution in [0.15, 0.2) is 72.8 Å². The van der Waals surface area contributed by atoms with Crippen LogP contribution in [0.5, 0.6) is 11.5 Å². The molecule has 0 saturated carbocycles. The fraction of sp³-hybridized carbons (Fsp3) is 0.160. The van der Waals surface area contributed by atoms with Gasteiger partial charge in [0.25, 0.3) is 0 Å². The van der Waals surface area contributed by atoms with Crippen molar-refractivity contribution in [2.24, 2.45) is 0 Å². The SMILES string of the molecule is C/C=C/c1ccc(OC(=O)c2cccc(CC)c2-c2ccccc2)c(OC)c1. The Kier molecular flexibility index (Phi) is 6.28. The van der Waals surface area contributed by atoms with E-state index in [0.29, 0.717) is 17.1 Å². The van der Waals surface area contributed by atoms with Crippen molar-refractivity contribution in [1.82, 2.24) is 0 Å². The molecule has 0 N–H and O–H groups in total. The Morgan fingerprint density at radius 3 is 2.43 bits per heavy atom. The van der Waals surface area contributed by atoms with Crippen LogP contribution in [0.4, 0.5) is 0 Å². The minimum atomic E-state index is -0.397. The van der Waals surface area contributed by atoms with E-state index in [4.69, 9.17) is 9.47 Å². The number of ether oxygens (including phenoxy) is 2. The summed E-state index contributed by atoms with van der Waals surface area (Å²) in [6.45, 7) is 4.03. The summed E-state index contributed by atoms with van der Waals surface area (Å²) >= 11 is 0. The summed E-state index contributed by atoms with van der Waals surface area (Å²) in [5, 5.41) is 0. The summed E-state index contributed by atoms with van der Waals surface area (Å²) in [6, 6.07) is 21.2. The summed E-state index contributed by atoms with van der Waals surface area (Å²) in [6.07, 6.45) is 4.74. The lowest BCUT2D eigenvalue weighted by Gasteiger charge is -2.15. The molecule has 3 nitrogen and oxygen atoms in total. The Morgan fingerprint density at radius 2 is 1.75 bits per heavy atom. The molecule has 0 unspecified atom stereocenters. The lowest BCUT2D eigenvalue weighted by Crippen LogP contribution is -2.12. The van der Waals surface area contributed by atoms with E-state index in [-0.39, 0.29) is 0 Å². The number of benzene rings is 3. The standard InChI is InChI=1S/C25H24O3/c1-4-10-18-15-16-22(23(17-18)27-3)28-25(26)21-14-9-13-19(5-2)24(21)20-11-7-6-8-12-20/h4,6-17H,5H2,1-3H3/b10-4+. The van der Waals surface area contributed by atoms with Crippen LogP contribution in [0.25, 0.3) is 17.2 Å². The second-order valence-electron chi connectivity index (χ2n) is 6.36. The zero-order valence-corrected chi connectivity index (χ0v) is 16.4. The van der Waals surface area contributed by atoms with Gasteiger partial charge in [-0.15, -0.1) is 0 Å². The molecule has 0 aromatic heterocycles. The first kappa shape index (κ1) is 19.4. The summed E-state index contributed by atoms with van der Waals surface area (Å²) in [5.41, 5.74) is 4.56. The third-order valence-electron chi connectivity index (χ3n) is 4.56. The monoisotopic (exact) mass is 372 g/mol. The van der Waals surface area contributed by atoms with Gasteiger partial charge in [-0.2, -0.15) is 0 Å². The van der Waals surface area contributed by atoms with Crippen LogP contribution in [0.2, 0.25) is 0 Å². The van der Waals surface area contributed by atoms with Crippen molar-refractivity contribution in [3.63, 3.8) is 0 Å². The van der Waals surface area contributed by atoms with Gasteiger partial charge in [-0.1, -0.05) is 67.6 Å². The molecule has 0 heterocycles. The van der Waals surface area contributed by atoms with E-state index in [0.717, 1.165) is 28.7 Å². The molecule has 0 aliphatic rings. The van der Waals surface area contributed by atoms with Gasteiger partial charge in [-0.3, -0.25) is 0 Å². The Labute approximate surface area is 166 Å². The highest BCUT2D eigenvalue weighted by Crippen LogP contribution is 2.32. The zero-order valence-electron chi connectivity index (χ0n) is 16.4. The van der Waals surface area contributed by atoms with E-state index in [9.17, 15) is 4.79 Å². The van der Waals surface area contributed by atoms with Crippen LogP contribution < -0.4 is 9.47 Å². The molecule has 0 spiro atoms. The maximum absolute atomic E-state index is 13.1. The van der Waals surface area contributed by atoms with Crippen molar-refractivity contribution in [3.05, 3.63) is 89.5 Å². The van der Waals surface area contributed by atoms with Gasteiger partial charge in [-0.25, -0.2) is 4.79 Å². The quantitative estimate of drug-likeness (QED) is 0.383. The Bertz CT molecular complexity index is 988. The van der Waals surface area contributed by atoms with Crippen molar-refractivity contribution in [3.8, 4) is 22.6 Å². The van der Waals surface area contributed by atoms with Crippen molar-refractivity contribution in [1.29, 1.82) is 0 Å². The Balaban J connectivity index is 2.00. The highest BCUT2D eigenvalue weighted by atomic mass is 16.6. The smallest absolute Gasteiger partial charge is 0.344 e. The summed E-state index contributed by atoms with van der Waals surface area (Å²) < 4.78 is 11.1. The van der Waals surface area contributed by atoms with Crippen LogP contribution in [-0.4, -0.2) is 13.1 Å². The number of carbonyl (C=O) groups excluding carboxylic acids is 1. The van der Waals surface area contributed by atoms with E-state index in [1.807, 2.05) is 79.7 Å². The molecule has 3 aromatic carbocycles. The van der Waals surface area contributed by atoms with Gasteiger partial charge in [0.05, 0.1) is 12.7 Å². The number of hydrogen-bond acceptors (Lipinski definition) is 3. The van der Waals surface area contributed by atoms with Gasteiger partial charge in [0.15, 0.2) is 11.5 Å². The van der Waals surface area contributed by atoms with Crippen molar-refractivity contribution >= 4 is 12.0 Å². The van der Waals surface area contributed by atoms with Crippen molar-refractivity contribution in [2.75, 3.05) is 7.11 Å². The molecule has 0 amide bonds. The van der Waals surface area contributed by atoms with Crippen LogP contribution in [-0.2, 0) is 6.42 Å². The van der Waals surface area contributed by atoms with Gasteiger partial charge in [-0.05, 0) is 53.8 Å². The molecule has 0 aliphatic heterocycles. The highest BCUT2D eigenvalue weighted by Gasteiger charge is 2.19. The molecule has 0 atom stereocenters. The largest absolute Gasteiger partial charge is 0.493 e. The minimum Gasteiger partial charge on any atom is -0.493 e. The number of hydrogen-bond donors (Lipinski definition) is 0. The maximum Gasteiger partial charge on any atom is 0.344 e. The molecule has 3 heteroatoms. The second kappa shape index (κ2) is 9.05. The van der Waals surface area contributed by atoms with E-state index in [1.165, 1.54) is 0 Å². The Hall–Kier alpha value is -3.33. The number of rotatable bonds is 6. The molecular formula is C25H24O3. The maximum atomic E-state index is 13.1. The topological polar surface area (TPSA) is 35.5 Å². The average molecular weight is 372 g/mol. The molecule has 3 rings (SSSR count). The minimum absolute atomic E-state index is 0.397. The van der Waals surface area contributed by atoms with Gasteiger partial charge in [0.2, 0.25) is 0 Å².